The molecule has 0 fully saturated rings. The summed E-state index contributed by atoms with van der Waals surface area (Å²) in [6.45, 7) is 4.83. The van der Waals surface area contributed by atoms with Gasteiger partial charge in [0.05, 0.1) is 11.3 Å². The van der Waals surface area contributed by atoms with Crippen LogP contribution in [0, 0.1) is 6.92 Å². The standard InChI is InChI=1S/C17H18ClF3N4O2/c1-8(2)25-12(7-13(24-25)17(19,20)21)16(27)23-14-9(3)5-10(18)6-11(14)15(26)22-4/h5-8H,1-4H3,(H,22,26)(H,23,27). The van der Waals surface area contributed by atoms with Gasteiger partial charge in [-0.1, -0.05) is 11.6 Å². The van der Waals surface area contributed by atoms with Crippen molar-refractivity contribution < 1.29 is 22.8 Å². The Balaban J connectivity index is 2.50. The van der Waals surface area contributed by atoms with Crippen molar-refractivity contribution in [2.75, 3.05) is 12.4 Å². The van der Waals surface area contributed by atoms with E-state index in [1.165, 1.54) is 19.2 Å². The summed E-state index contributed by atoms with van der Waals surface area (Å²) >= 11 is 5.97. The molecule has 2 amide bonds. The third-order valence-corrected chi connectivity index (χ3v) is 3.98. The fourth-order valence-electron chi connectivity index (χ4n) is 2.50. The van der Waals surface area contributed by atoms with E-state index in [1.54, 1.807) is 20.8 Å². The van der Waals surface area contributed by atoms with Crippen LogP contribution in [0.15, 0.2) is 18.2 Å². The molecule has 0 atom stereocenters. The van der Waals surface area contributed by atoms with Crippen molar-refractivity contribution in [1.82, 2.24) is 15.1 Å². The second-order valence-electron chi connectivity index (χ2n) is 6.13. The Labute approximate surface area is 158 Å². The number of nitrogens with zero attached hydrogens (tertiary/aromatic N) is 2. The van der Waals surface area contributed by atoms with Crippen LogP contribution in [0.1, 0.15) is 52.0 Å². The molecule has 10 heteroatoms. The first-order valence-corrected chi connectivity index (χ1v) is 8.33. The lowest BCUT2D eigenvalue weighted by molar-refractivity contribution is -0.141. The van der Waals surface area contributed by atoms with Crippen LogP contribution in [0.3, 0.4) is 0 Å². The topological polar surface area (TPSA) is 76.0 Å². The first kappa shape index (κ1) is 20.8. The van der Waals surface area contributed by atoms with Crippen molar-refractivity contribution in [2.24, 2.45) is 0 Å². The lowest BCUT2D eigenvalue weighted by Gasteiger charge is -2.15. The van der Waals surface area contributed by atoms with Crippen LogP contribution in [-0.2, 0) is 6.18 Å². The maximum Gasteiger partial charge on any atom is 0.435 e. The first-order chi connectivity index (χ1) is 12.5. The molecule has 146 valence electrons. The predicted molar refractivity (Wildman–Crippen MR) is 95.1 cm³/mol. The normalized spacial score (nSPS) is 11.6. The third-order valence-electron chi connectivity index (χ3n) is 3.76. The van der Waals surface area contributed by atoms with Crippen LogP contribution in [-0.4, -0.2) is 28.6 Å². The maximum absolute atomic E-state index is 13.0. The molecule has 27 heavy (non-hydrogen) atoms. The van der Waals surface area contributed by atoms with Crippen molar-refractivity contribution in [3.05, 3.63) is 45.7 Å². The second-order valence-corrected chi connectivity index (χ2v) is 6.57. The summed E-state index contributed by atoms with van der Waals surface area (Å²) in [6, 6.07) is 3.10. The van der Waals surface area contributed by atoms with Crippen LogP contribution in [0.5, 0.6) is 0 Å². The summed E-state index contributed by atoms with van der Waals surface area (Å²) < 4.78 is 39.9. The molecule has 0 saturated carbocycles. The lowest BCUT2D eigenvalue weighted by atomic mass is 10.1. The number of amides is 2. The van der Waals surface area contributed by atoms with Gasteiger partial charge in [-0.2, -0.15) is 18.3 Å². The van der Waals surface area contributed by atoms with E-state index in [9.17, 15) is 22.8 Å². The van der Waals surface area contributed by atoms with Crippen molar-refractivity contribution in [1.29, 1.82) is 0 Å². The van der Waals surface area contributed by atoms with Gasteiger partial charge in [0.15, 0.2) is 5.69 Å². The van der Waals surface area contributed by atoms with Gasteiger partial charge in [-0.3, -0.25) is 14.3 Å². The molecule has 0 bridgehead atoms. The number of anilines is 1. The SMILES string of the molecule is CNC(=O)c1cc(Cl)cc(C)c1NC(=O)c1cc(C(F)(F)F)nn1C(C)C. The van der Waals surface area contributed by atoms with E-state index in [-0.39, 0.29) is 22.0 Å². The van der Waals surface area contributed by atoms with Gasteiger partial charge >= 0.3 is 6.18 Å². The number of aryl methyl sites for hydroxylation is 1. The van der Waals surface area contributed by atoms with E-state index >= 15 is 0 Å². The molecule has 0 radical (unpaired) electrons. The van der Waals surface area contributed by atoms with Gasteiger partial charge in [0.1, 0.15) is 5.69 Å². The molecule has 0 aliphatic carbocycles. The molecule has 1 heterocycles. The highest BCUT2D eigenvalue weighted by Crippen LogP contribution is 2.31. The molecule has 1 aromatic carbocycles. The van der Waals surface area contributed by atoms with Crippen LogP contribution in [0.4, 0.5) is 18.9 Å². The van der Waals surface area contributed by atoms with Gasteiger partial charge in [0.2, 0.25) is 0 Å². The van der Waals surface area contributed by atoms with E-state index in [0.29, 0.717) is 11.6 Å². The van der Waals surface area contributed by atoms with E-state index in [2.05, 4.69) is 15.7 Å². The fourth-order valence-corrected chi connectivity index (χ4v) is 2.77. The highest BCUT2D eigenvalue weighted by molar-refractivity contribution is 6.31. The Morgan fingerprint density at radius 3 is 2.33 bits per heavy atom. The number of benzene rings is 1. The van der Waals surface area contributed by atoms with Gasteiger partial charge in [0, 0.05) is 24.2 Å². The summed E-state index contributed by atoms with van der Waals surface area (Å²) in [5, 5.41) is 8.71. The van der Waals surface area contributed by atoms with E-state index in [1.807, 2.05) is 0 Å². The Bertz CT molecular complexity index is 891. The van der Waals surface area contributed by atoms with Crippen LogP contribution < -0.4 is 10.6 Å². The molecule has 2 aromatic rings. The quantitative estimate of drug-likeness (QED) is 0.809. The Morgan fingerprint density at radius 2 is 1.81 bits per heavy atom. The van der Waals surface area contributed by atoms with Crippen LogP contribution in [0.2, 0.25) is 5.02 Å². The highest BCUT2D eigenvalue weighted by atomic mass is 35.5. The zero-order valence-electron chi connectivity index (χ0n) is 15.0. The maximum atomic E-state index is 13.0. The van der Waals surface area contributed by atoms with Crippen molar-refractivity contribution >= 4 is 29.1 Å². The summed E-state index contributed by atoms with van der Waals surface area (Å²) in [5.74, 6) is -1.31. The minimum absolute atomic E-state index is 0.0995. The summed E-state index contributed by atoms with van der Waals surface area (Å²) in [7, 11) is 1.41. The molecule has 2 rings (SSSR count). The third kappa shape index (κ3) is 4.41. The largest absolute Gasteiger partial charge is 0.435 e. The summed E-state index contributed by atoms with van der Waals surface area (Å²) in [5.41, 5.74) is -0.687. The van der Waals surface area contributed by atoms with Crippen LogP contribution in [0.25, 0.3) is 0 Å². The lowest BCUT2D eigenvalue weighted by Crippen LogP contribution is -2.24. The smallest absolute Gasteiger partial charge is 0.355 e. The molecule has 1 aromatic heterocycles. The number of carbonyl (C=O) groups is 2. The van der Waals surface area contributed by atoms with E-state index in [0.717, 1.165) is 4.68 Å². The molecule has 6 nitrogen and oxygen atoms in total. The van der Waals surface area contributed by atoms with Crippen molar-refractivity contribution in [3.8, 4) is 0 Å². The Morgan fingerprint density at radius 1 is 1.19 bits per heavy atom. The van der Waals surface area contributed by atoms with Gasteiger partial charge in [-0.15, -0.1) is 0 Å². The highest BCUT2D eigenvalue weighted by Gasteiger charge is 2.36. The number of carbonyl (C=O) groups excluding carboxylic acids is 2. The minimum Gasteiger partial charge on any atom is -0.355 e. The van der Waals surface area contributed by atoms with Crippen molar-refractivity contribution in [2.45, 2.75) is 33.0 Å². The number of nitrogens with one attached hydrogen (secondary N) is 2. The average molecular weight is 403 g/mol. The zero-order chi connectivity index (χ0) is 20.5. The molecule has 0 aliphatic heterocycles. The van der Waals surface area contributed by atoms with Crippen LogP contribution >= 0.6 is 11.6 Å². The molecular weight excluding hydrogens is 385 g/mol. The minimum atomic E-state index is -4.68. The number of alkyl halides is 3. The summed E-state index contributed by atoms with van der Waals surface area (Å²) in [4.78, 5) is 24.8. The Hall–Kier alpha value is -2.55. The number of rotatable bonds is 4. The number of aromatic nitrogens is 2. The predicted octanol–water partition coefficient (Wildman–Crippen LogP) is 4.06. The average Bonchev–Trinajstić information content (AvgIpc) is 3.02. The number of hydrogen-bond donors (Lipinski definition) is 2. The second kappa shape index (κ2) is 7.59. The monoisotopic (exact) mass is 402 g/mol. The van der Waals surface area contributed by atoms with Gasteiger partial charge in [0.25, 0.3) is 11.8 Å². The van der Waals surface area contributed by atoms with Gasteiger partial charge in [-0.25, -0.2) is 0 Å². The molecule has 2 N–H and O–H groups in total. The molecule has 0 unspecified atom stereocenters. The van der Waals surface area contributed by atoms with E-state index in [4.69, 9.17) is 11.6 Å². The van der Waals surface area contributed by atoms with Crippen molar-refractivity contribution in [3.63, 3.8) is 0 Å². The molecule has 0 saturated heterocycles. The number of halogens is 4. The van der Waals surface area contributed by atoms with E-state index < -0.39 is 29.7 Å². The molecular formula is C17H18ClF3N4O2. The van der Waals surface area contributed by atoms with Gasteiger partial charge in [-0.05, 0) is 38.5 Å². The molecule has 0 aliphatic rings. The molecule has 0 spiro atoms. The van der Waals surface area contributed by atoms with Gasteiger partial charge < -0.3 is 10.6 Å². The Kier molecular flexibility index (Phi) is 5.84. The zero-order valence-corrected chi connectivity index (χ0v) is 15.8. The number of hydrogen-bond acceptors (Lipinski definition) is 3. The summed E-state index contributed by atoms with van der Waals surface area (Å²) in [6.07, 6.45) is -4.68. The first-order valence-electron chi connectivity index (χ1n) is 7.96. The fraction of sp³-hybridized carbons (Fsp3) is 0.353.